The zero-order valence-electron chi connectivity index (χ0n) is 27.4. The molecule has 1 heteroatoms. The predicted molar refractivity (Wildman–Crippen MR) is 199 cm³/mol. The average Bonchev–Trinajstić information content (AvgIpc) is 3.48. The second-order valence-electron chi connectivity index (χ2n) is 14.2. The fourth-order valence-electron chi connectivity index (χ4n) is 8.30. The number of hydrogen-bond acceptors (Lipinski definition) is 1. The Hall–Kier alpha value is -5.40. The minimum atomic E-state index is -0.0679. The summed E-state index contributed by atoms with van der Waals surface area (Å²) < 4.78 is 0. The Bertz CT molecular complexity index is 2360. The molecular formula is C46H37N. The lowest BCUT2D eigenvalue weighted by atomic mass is 9.82. The number of rotatable bonds is 4. The fraction of sp³-hybridized carbons (Fsp3) is 0.130. The summed E-state index contributed by atoms with van der Waals surface area (Å²) in [4.78, 5) is 2.41. The molecule has 0 bridgehead atoms. The van der Waals surface area contributed by atoms with Gasteiger partial charge in [0.1, 0.15) is 0 Å². The summed E-state index contributed by atoms with van der Waals surface area (Å²) in [6.45, 7) is 9.39. The van der Waals surface area contributed by atoms with Crippen LogP contribution in [0.4, 0.5) is 17.1 Å². The Kier molecular flexibility index (Phi) is 5.96. The largest absolute Gasteiger partial charge is 0.310 e. The van der Waals surface area contributed by atoms with E-state index in [1.54, 1.807) is 0 Å². The van der Waals surface area contributed by atoms with Crippen LogP contribution in [0, 0.1) is 0 Å². The first-order valence-corrected chi connectivity index (χ1v) is 16.7. The van der Waals surface area contributed by atoms with Gasteiger partial charge in [-0.2, -0.15) is 0 Å². The van der Waals surface area contributed by atoms with Crippen molar-refractivity contribution in [2.45, 2.75) is 38.5 Å². The van der Waals surface area contributed by atoms with Crippen LogP contribution in [0.1, 0.15) is 49.9 Å². The average molecular weight is 604 g/mol. The smallest absolute Gasteiger partial charge is 0.0468 e. The molecule has 0 unspecified atom stereocenters. The minimum Gasteiger partial charge on any atom is -0.310 e. The van der Waals surface area contributed by atoms with Gasteiger partial charge in [-0.25, -0.2) is 0 Å². The van der Waals surface area contributed by atoms with Crippen molar-refractivity contribution in [3.05, 3.63) is 174 Å². The fourth-order valence-corrected chi connectivity index (χ4v) is 8.30. The van der Waals surface area contributed by atoms with Crippen molar-refractivity contribution in [2.24, 2.45) is 0 Å². The van der Waals surface area contributed by atoms with Crippen molar-refractivity contribution in [1.82, 2.24) is 0 Å². The molecule has 0 aliphatic heterocycles. The van der Waals surface area contributed by atoms with Gasteiger partial charge in [0, 0.05) is 27.9 Å². The normalized spacial score (nSPS) is 14.7. The molecule has 0 saturated heterocycles. The Morgan fingerprint density at radius 3 is 1.60 bits per heavy atom. The van der Waals surface area contributed by atoms with E-state index in [-0.39, 0.29) is 10.8 Å². The van der Waals surface area contributed by atoms with E-state index in [2.05, 4.69) is 184 Å². The Morgan fingerprint density at radius 1 is 0.340 bits per heavy atom. The van der Waals surface area contributed by atoms with Crippen LogP contribution in [0.15, 0.2) is 152 Å². The molecule has 47 heavy (non-hydrogen) atoms. The summed E-state index contributed by atoms with van der Waals surface area (Å²) in [7, 11) is 0. The van der Waals surface area contributed by atoms with Crippen molar-refractivity contribution in [3.63, 3.8) is 0 Å². The van der Waals surface area contributed by atoms with Gasteiger partial charge >= 0.3 is 0 Å². The van der Waals surface area contributed by atoms with E-state index in [9.17, 15) is 0 Å². The maximum Gasteiger partial charge on any atom is 0.0468 e. The van der Waals surface area contributed by atoms with Crippen molar-refractivity contribution >= 4 is 27.8 Å². The van der Waals surface area contributed by atoms with Crippen LogP contribution in [0.5, 0.6) is 0 Å². The summed E-state index contributed by atoms with van der Waals surface area (Å²) in [6, 6.07) is 56.3. The molecule has 0 amide bonds. The van der Waals surface area contributed by atoms with Gasteiger partial charge in [-0.15, -0.1) is 0 Å². The third-order valence-electron chi connectivity index (χ3n) is 10.9. The molecule has 0 heterocycles. The van der Waals surface area contributed by atoms with Crippen LogP contribution in [-0.4, -0.2) is 0 Å². The Morgan fingerprint density at radius 2 is 0.851 bits per heavy atom. The molecule has 9 rings (SSSR count). The van der Waals surface area contributed by atoms with Crippen LogP contribution >= 0.6 is 0 Å². The van der Waals surface area contributed by atoms with E-state index in [1.165, 1.54) is 72.1 Å². The van der Waals surface area contributed by atoms with E-state index in [0.717, 1.165) is 11.4 Å². The van der Waals surface area contributed by atoms with Crippen molar-refractivity contribution in [1.29, 1.82) is 0 Å². The summed E-state index contributed by atoms with van der Waals surface area (Å²) in [5.41, 5.74) is 16.9. The lowest BCUT2D eigenvalue weighted by molar-refractivity contribution is 0.660. The number of hydrogen-bond donors (Lipinski definition) is 0. The molecule has 0 fully saturated rings. The lowest BCUT2D eigenvalue weighted by Crippen LogP contribution is -2.16. The van der Waals surface area contributed by atoms with Gasteiger partial charge < -0.3 is 4.90 Å². The van der Waals surface area contributed by atoms with Crippen LogP contribution in [0.25, 0.3) is 44.2 Å². The summed E-state index contributed by atoms with van der Waals surface area (Å²) in [6.07, 6.45) is 0. The molecule has 7 aromatic carbocycles. The number of nitrogens with zero attached hydrogens (tertiary/aromatic N) is 1. The van der Waals surface area contributed by atoms with Gasteiger partial charge in [0.2, 0.25) is 0 Å². The summed E-state index contributed by atoms with van der Waals surface area (Å²) >= 11 is 0. The first-order chi connectivity index (χ1) is 22.8. The molecule has 0 N–H and O–H groups in total. The van der Waals surface area contributed by atoms with Gasteiger partial charge in [0.25, 0.3) is 0 Å². The van der Waals surface area contributed by atoms with E-state index >= 15 is 0 Å². The van der Waals surface area contributed by atoms with Crippen LogP contribution in [-0.2, 0) is 10.8 Å². The topological polar surface area (TPSA) is 3.24 Å². The standard InChI is InChI=1S/C46H37N/c1-45(2)42-16-10-8-14-38(42)40-28-33(20-26-43(40)45)31-17-21-34(22-18-31)47(35-23-19-30-11-5-6-12-32(30)27-35)36-24-25-39-37-13-7-9-15-41(37)46(3,4)44(39)29-36/h5-29H,1-4H3. The van der Waals surface area contributed by atoms with Gasteiger partial charge in [-0.05, 0) is 109 Å². The highest BCUT2D eigenvalue weighted by Gasteiger charge is 2.36. The summed E-state index contributed by atoms with van der Waals surface area (Å²) in [5.74, 6) is 0. The van der Waals surface area contributed by atoms with Gasteiger partial charge in [-0.1, -0.05) is 137 Å². The third-order valence-corrected chi connectivity index (χ3v) is 10.9. The third kappa shape index (κ3) is 4.16. The van der Waals surface area contributed by atoms with E-state index in [1.807, 2.05) is 0 Å². The van der Waals surface area contributed by atoms with Crippen LogP contribution < -0.4 is 4.90 Å². The molecule has 0 atom stereocenters. The van der Waals surface area contributed by atoms with Crippen LogP contribution in [0.2, 0.25) is 0 Å². The molecule has 1 nitrogen and oxygen atoms in total. The van der Waals surface area contributed by atoms with Crippen molar-refractivity contribution in [3.8, 4) is 33.4 Å². The van der Waals surface area contributed by atoms with Crippen molar-refractivity contribution < 1.29 is 0 Å². The van der Waals surface area contributed by atoms with Gasteiger partial charge in [0.05, 0.1) is 0 Å². The van der Waals surface area contributed by atoms with Gasteiger partial charge in [-0.3, -0.25) is 0 Å². The quantitative estimate of drug-likeness (QED) is 0.193. The molecular weight excluding hydrogens is 567 g/mol. The lowest BCUT2D eigenvalue weighted by Gasteiger charge is -2.28. The first-order valence-electron chi connectivity index (χ1n) is 16.7. The number of anilines is 3. The SMILES string of the molecule is CC1(C)c2ccccc2-c2cc(-c3ccc(N(c4ccc5c(c4)C(C)(C)c4ccccc4-5)c4ccc5ccccc5c4)cc3)ccc21. The number of benzene rings is 7. The molecule has 226 valence electrons. The van der Waals surface area contributed by atoms with E-state index in [0.29, 0.717) is 0 Å². The Labute approximate surface area is 277 Å². The Balaban J connectivity index is 1.15. The number of fused-ring (bicyclic) bond motifs is 7. The molecule has 7 aromatic rings. The van der Waals surface area contributed by atoms with Crippen molar-refractivity contribution in [2.75, 3.05) is 4.90 Å². The van der Waals surface area contributed by atoms with Gasteiger partial charge in [0.15, 0.2) is 0 Å². The first kappa shape index (κ1) is 27.9. The maximum absolute atomic E-state index is 2.41. The maximum atomic E-state index is 2.41. The molecule has 0 saturated carbocycles. The molecule has 0 radical (unpaired) electrons. The second kappa shape index (κ2) is 10.0. The molecule has 2 aliphatic carbocycles. The highest BCUT2D eigenvalue weighted by molar-refractivity contribution is 5.91. The second-order valence-corrected chi connectivity index (χ2v) is 14.2. The zero-order valence-corrected chi connectivity index (χ0v) is 27.4. The van der Waals surface area contributed by atoms with E-state index < -0.39 is 0 Å². The molecule has 2 aliphatic rings. The zero-order chi connectivity index (χ0) is 31.9. The van der Waals surface area contributed by atoms with E-state index in [4.69, 9.17) is 0 Å². The monoisotopic (exact) mass is 603 g/mol. The minimum absolute atomic E-state index is 0.0144. The van der Waals surface area contributed by atoms with Crippen LogP contribution in [0.3, 0.4) is 0 Å². The predicted octanol–water partition coefficient (Wildman–Crippen LogP) is 12.6. The highest BCUT2D eigenvalue weighted by Crippen LogP contribution is 2.52. The summed E-state index contributed by atoms with van der Waals surface area (Å²) in [5, 5.41) is 2.49. The molecule has 0 spiro atoms. The highest BCUT2D eigenvalue weighted by atomic mass is 15.1. The molecule has 0 aromatic heterocycles.